The number of fused-ring (bicyclic) bond motifs is 1. The predicted molar refractivity (Wildman–Crippen MR) is 75.7 cm³/mol. The second kappa shape index (κ2) is 5.17. The van der Waals surface area contributed by atoms with E-state index in [0.29, 0.717) is 12.2 Å². The van der Waals surface area contributed by atoms with Crippen LogP contribution in [0.2, 0.25) is 0 Å². The lowest BCUT2D eigenvalue weighted by Gasteiger charge is -2.03. The van der Waals surface area contributed by atoms with Crippen LogP contribution in [0.5, 0.6) is 0 Å². The maximum atomic E-state index is 12.1. The molecule has 2 heterocycles. The van der Waals surface area contributed by atoms with E-state index in [0.717, 1.165) is 36.9 Å². The number of hydrogen-bond acceptors (Lipinski definition) is 3. The Morgan fingerprint density at radius 3 is 3.16 bits per heavy atom. The molecule has 4 nitrogen and oxygen atoms in total. The Morgan fingerprint density at radius 2 is 2.37 bits per heavy atom. The number of aryl methyl sites for hydroxylation is 2. The van der Waals surface area contributed by atoms with Crippen molar-refractivity contribution in [2.75, 3.05) is 6.54 Å². The summed E-state index contributed by atoms with van der Waals surface area (Å²) in [4.78, 5) is 14.7. The number of nitrogens with one attached hydrogen (secondary N) is 2. The normalized spacial score (nSPS) is 13.5. The van der Waals surface area contributed by atoms with Crippen molar-refractivity contribution in [3.8, 4) is 0 Å². The van der Waals surface area contributed by atoms with E-state index in [4.69, 9.17) is 0 Å². The van der Waals surface area contributed by atoms with Crippen LogP contribution in [0.1, 0.15) is 37.9 Å². The second-order valence-electron chi connectivity index (χ2n) is 4.90. The van der Waals surface area contributed by atoms with Crippen LogP contribution in [0.4, 0.5) is 0 Å². The average molecular weight is 275 g/mol. The van der Waals surface area contributed by atoms with Gasteiger partial charge in [0.15, 0.2) is 5.69 Å². The van der Waals surface area contributed by atoms with Gasteiger partial charge < -0.3 is 5.32 Å². The summed E-state index contributed by atoms with van der Waals surface area (Å²) in [5.74, 6) is -0.0484. The lowest BCUT2D eigenvalue weighted by molar-refractivity contribution is 0.0948. The molecule has 0 unspecified atom stereocenters. The van der Waals surface area contributed by atoms with Crippen LogP contribution in [-0.4, -0.2) is 22.6 Å². The summed E-state index contributed by atoms with van der Waals surface area (Å²) < 4.78 is 0. The molecule has 0 atom stereocenters. The summed E-state index contributed by atoms with van der Waals surface area (Å²) in [6.07, 6.45) is 4.00. The van der Waals surface area contributed by atoms with E-state index >= 15 is 0 Å². The van der Waals surface area contributed by atoms with Gasteiger partial charge in [-0.25, -0.2) is 0 Å². The topological polar surface area (TPSA) is 57.8 Å². The summed E-state index contributed by atoms with van der Waals surface area (Å²) in [5, 5.41) is 10.1. The first kappa shape index (κ1) is 12.4. The smallest absolute Gasteiger partial charge is 0.272 e. The SMILES string of the molecule is Cc1ccc(CCNC(=O)c2n[nH]c3c2CCC3)s1. The lowest BCUT2D eigenvalue weighted by atomic mass is 10.2. The van der Waals surface area contributed by atoms with Crippen LogP contribution in [0.15, 0.2) is 12.1 Å². The maximum Gasteiger partial charge on any atom is 0.272 e. The van der Waals surface area contributed by atoms with E-state index in [-0.39, 0.29) is 5.91 Å². The van der Waals surface area contributed by atoms with Crippen LogP contribution >= 0.6 is 11.3 Å². The van der Waals surface area contributed by atoms with E-state index < -0.39 is 0 Å². The zero-order valence-electron chi connectivity index (χ0n) is 11.0. The zero-order chi connectivity index (χ0) is 13.2. The Balaban J connectivity index is 1.56. The number of rotatable bonds is 4. The van der Waals surface area contributed by atoms with Crippen molar-refractivity contribution >= 4 is 17.2 Å². The van der Waals surface area contributed by atoms with Gasteiger partial charge >= 0.3 is 0 Å². The van der Waals surface area contributed by atoms with Crippen LogP contribution in [-0.2, 0) is 19.3 Å². The monoisotopic (exact) mass is 275 g/mol. The quantitative estimate of drug-likeness (QED) is 0.899. The molecule has 1 amide bonds. The molecule has 2 aromatic heterocycles. The van der Waals surface area contributed by atoms with E-state index in [1.165, 1.54) is 9.75 Å². The van der Waals surface area contributed by atoms with Gasteiger partial charge in [-0.2, -0.15) is 5.10 Å². The number of H-pyrrole nitrogens is 1. The Morgan fingerprint density at radius 1 is 1.47 bits per heavy atom. The number of thiophene rings is 1. The fraction of sp³-hybridized carbons (Fsp3) is 0.429. The number of hydrogen-bond donors (Lipinski definition) is 2. The predicted octanol–water partition coefficient (Wildman–Crippen LogP) is 2.24. The molecule has 1 aliphatic carbocycles. The molecule has 1 aliphatic rings. The molecule has 0 aliphatic heterocycles. The van der Waals surface area contributed by atoms with Gasteiger partial charge in [-0.3, -0.25) is 9.89 Å². The van der Waals surface area contributed by atoms with Gasteiger partial charge in [-0.15, -0.1) is 11.3 Å². The minimum Gasteiger partial charge on any atom is -0.350 e. The number of amides is 1. The van der Waals surface area contributed by atoms with Crippen molar-refractivity contribution in [1.29, 1.82) is 0 Å². The van der Waals surface area contributed by atoms with E-state index in [2.05, 4.69) is 34.6 Å². The molecule has 0 fully saturated rings. The zero-order valence-corrected chi connectivity index (χ0v) is 11.8. The fourth-order valence-corrected chi connectivity index (χ4v) is 3.40. The van der Waals surface area contributed by atoms with Gasteiger partial charge in [0.05, 0.1) is 0 Å². The molecule has 2 aromatic rings. The summed E-state index contributed by atoms with van der Waals surface area (Å²) in [5.41, 5.74) is 2.85. The summed E-state index contributed by atoms with van der Waals surface area (Å²) in [6, 6.07) is 4.24. The van der Waals surface area contributed by atoms with Crippen molar-refractivity contribution < 1.29 is 4.79 Å². The first-order valence-corrected chi connectivity index (χ1v) is 7.45. The highest BCUT2D eigenvalue weighted by molar-refractivity contribution is 7.11. The molecule has 0 aromatic carbocycles. The van der Waals surface area contributed by atoms with E-state index in [1.807, 2.05) is 0 Å². The minimum atomic E-state index is -0.0484. The molecular formula is C14H17N3OS. The fourth-order valence-electron chi connectivity index (χ4n) is 2.51. The highest BCUT2D eigenvalue weighted by Crippen LogP contribution is 2.22. The molecule has 5 heteroatoms. The Hall–Kier alpha value is -1.62. The van der Waals surface area contributed by atoms with Crippen LogP contribution in [0.3, 0.4) is 0 Å². The molecule has 19 heavy (non-hydrogen) atoms. The molecule has 2 N–H and O–H groups in total. The van der Waals surface area contributed by atoms with Gasteiger partial charge in [-0.1, -0.05) is 0 Å². The Labute approximate surface area is 116 Å². The number of carbonyl (C=O) groups excluding carboxylic acids is 1. The first-order valence-electron chi connectivity index (χ1n) is 6.63. The summed E-state index contributed by atoms with van der Waals surface area (Å²) in [7, 11) is 0. The van der Waals surface area contributed by atoms with Gasteiger partial charge in [0.1, 0.15) is 0 Å². The Bertz CT molecular complexity index is 600. The lowest BCUT2D eigenvalue weighted by Crippen LogP contribution is -2.26. The van der Waals surface area contributed by atoms with Gasteiger partial charge in [0.25, 0.3) is 5.91 Å². The Kier molecular flexibility index (Phi) is 3.38. The third kappa shape index (κ3) is 2.56. The standard InChI is InChI=1S/C14H17N3OS/c1-9-5-6-10(19-9)7-8-15-14(18)13-11-3-2-4-12(11)16-17-13/h5-6H,2-4,7-8H2,1H3,(H,15,18)(H,16,17). The molecule has 3 rings (SSSR count). The summed E-state index contributed by atoms with van der Waals surface area (Å²) >= 11 is 1.78. The van der Waals surface area contributed by atoms with Crippen molar-refractivity contribution in [3.63, 3.8) is 0 Å². The number of aromatic nitrogens is 2. The van der Waals surface area contributed by atoms with Gasteiger partial charge in [0.2, 0.25) is 0 Å². The molecule has 0 radical (unpaired) electrons. The van der Waals surface area contributed by atoms with Crippen molar-refractivity contribution in [3.05, 3.63) is 38.8 Å². The third-order valence-corrected chi connectivity index (χ3v) is 4.53. The van der Waals surface area contributed by atoms with Crippen molar-refractivity contribution in [2.45, 2.75) is 32.6 Å². The van der Waals surface area contributed by atoms with Crippen molar-refractivity contribution in [1.82, 2.24) is 15.5 Å². The summed E-state index contributed by atoms with van der Waals surface area (Å²) in [6.45, 7) is 2.76. The largest absolute Gasteiger partial charge is 0.350 e. The van der Waals surface area contributed by atoms with Gasteiger partial charge in [0, 0.05) is 27.6 Å². The van der Waals surface area contributed by atoms with Crippen LogP contribution in [0, 0.1) is 6.92 Å². The molecule has 0 saturated heterocycles. The average Bonchev–Trinajstić information content (AvgIpc) is 3.04. The number of aromatic amines is 1. The van der Waals surface area contributed by atoms with E-state index in [1.54, 1.807) is 11.3 Å². The third-order valence-electron chi connectivity index (χ3n) is 3.47. The molecule has 0 spiro atoms. The van der Waals surface area contributed by atoms with E-state index in [9.17, 15) is 4.79 Å². The maximum absolute atomic E-state index is 12.1. The molecule has 100 valence electrons. The van der Waals surface area contributed by atoms with Crippen LogP contribution < -0.4 is 5.32 Å². The van der Waals surface area contributed by atoms with Crippen molar-refractivity contribution in [2.24, 2.45) is 0 Å². The minimum absolute atomic E-state index is 0.0484. The van der Waals surface area contributed by atoms with Gasteiger partial charge in [-0.05, 0) is 44.7 Å². The second-order valence-corrected chi connectivity index (χ2v) is 6.27. The highest BCUT2D eigenvalue weighted by atomic mass is 32.1. The molecular weight excluding hydrogens is 258 g/mol. The highest BCUT2D eigenvalue weighted by Gasteiger charge is 2.22. The number of nitrogens with zero attached hydrogens (tertiary/aromatic N) is 1. The first-order chi connectivity index (χ1) is 9.24. The van der Waals surface area contributed by atoms with Crippen LogP contribution in [0.25, 0.3) is 0 Å². The molecule has 0 bridgehead atoms. The molecule has 0 saturated carbocycles. The number of carbonyl (C=O) groups is 1.